The minimum Gasteiger partial charge on any atom is -1.00 e. The minimum absolute atomic E-state index is 0. The van der Waals surface area contributed by atoms with Crippen LogP contribution in [0.15, 0.2) is 0 Å². The molecule has 5 heteroatoms. The summed E-state index contributed by atoms with van der Waals surface area (Å²) in [5.74, 6) is 2.66. The van der Waals surface area contributed by atoms with Crippen LogP contribution < -0.4 is 23.7 Å². The molecule has 0 atom stereocenters. The van der Waals surface area contributed by atoms with Crippen LogP contribution in [0.4, 0.5) is 8.78 Å². The quantitative estimate of drug-likeness (QED) is 0.373. The molecule has 0 bridgehead atoms. The molecule has 1 saturated carbocycles. The topological polar surface area (TPSA) is 38.0 Å². The van der Waals surface area contributed by atoms with E-state index >= 15 is 0 Å². The molecule has 3 N–H and O–H groups in total. The molecule has 0 unspecified atom stereocenters. The van der Waals surface area contributed by atoms with Crippen LogP contribution in [0.3, 0.4) is 0 Å². The predicted octanol–water partition coefficient (Wildman–Crippen LogP) is -1.86. The van der Waals surface area contributed by atoms with Crippen molar-refractivity contribution in [3.05, 3.63) is 0 Å². The van der Waals surface area contributed by atoms with Crippen molar-refractivity contribution in [3.63, 3.8) is 0 Å². The van der Waals surface area contributed by atoms with Gasteiger partial charge in [-0.25, -0.2) is 8.78 Å². The van der Waals surface area contributed by atoms with E-state index in [9.17, 15) is 8.78 Å². The third-order valence-corrected chi connectivity index (χ3v) is 1.95. The molecular formula is C6H13ClF2N2. The van der Waals surface area contributed by atoms with Gasteiger partial charge in [-0.1, -0.05) is 0 Å². The fourth-order valence-electron chi connectivity index (χ4n) is 1.21. The van der Waals surface area contributed by atoms with Crippen molar-refractivity contribution in [2.24, 2.45) is 5.84 Å². The van der Waals surface area contributed by atoms with Crippen molar-refractivity contribution in [1.82, 2.24) is 5.43 Å². The van der Waals surface area contributed by atoms with E-state index in [1.807, 2.05) is 0 Å². The highest BCUT2D eigenvalue weighted by atomic mass is 35.5. The Morgan fingerprint density at radius 1 is 1.36 bits per heavy atom. The zero-order chi connectivity index (χ0) is 7.61. The van der Waals surface area contributed by atoms with E-state index in [1.165, 1.54) is 0 Å². The molecule has 1 fully saturated rings. The van der Waals surface area contributed by atoms with Gasteiger partial charge in [0.15, 0.2) is 0 Å². The van der Waals surface area contributed by atoms with Crippen LogP contribution >= 0.6 is 0 Å². The van der Waals surface area contributed by atoms with Crippen LogP contribution in [-0.4, -0.2) is 12.0 Å². The van der Waals surface area contributed by atoms with Crippen molar-refractivity contribution < 1.29 is 22.6 Å². The highest BCUT2D eigenvalue weighted by molar-refractivity contribution is 4.79. The van der Waals surface area contributed by atoms with Crippen molar-refractivity contribution in [2.45, 2.75) is 37.6 Å². The second-order valence-corrected chi connectivity index (χ2v) is 2.80. The standard InChI is InChI=1S/C6H12F2N2.ClH/c7-6(8)3-1-5(10-9)2-4-6;/h5,10H,1-4,9H2;1H. The van der Waals surface area contributed by atoms with E-state index in [-0.39, 0.29) is 32.7 Å². The van der Waals surface area contributed by atoms with Crippen LogP contribution in [0.5, 0.6) is 0 Å². The molecule has 0 amide bonds. The van der Waals surface area contributed by atoms with Gasteiger partial charge in [0.25, 0.3) is 0 Å². The minimum atomic E-state index is -2.44. The average molecular weight is 187 g/mol. The zero-order valence-electron chi connectivity index (χ0n) is 7.12. The Kier molecular flexibility index (Phi) is 4.21. The van der Waals surface area contributed by atoms with Crippen molar-refractivity contribution in [1.29, 1.82) is 0 Å². The molecule has 0 aromatic carbocycles. The van der Waals surface area contributed by atoms with Gasteiger partial charge < -0.3 is 12.4 Å². The number of alkyl halides is 2. The van der Waals surface area contributed by atoms with E-state index < -0.39 is 5.92 Å². The Labute approximate surface area is 72.4 Å². The lowest BCUT2D eigenvalue weighted by Gasteiger charge is -2.27. The van der Waals surface area contributed by atoms with Crippen LogP contribution in [0.2, 0.25) is 0 Å². The van der Waals surface area contributed by atoms with Crippen LogP contribution in [-0.2, 0) is 0 Å². The summed E-state index contributed by atoms with van der Waals surface area (Å²) in [5, 5.41) is 0. The summed E-state index contributed by atoms with van der Waals surface area (Å²) >= 11 is 0. The first-order valence-electron chi connectivity index (χ1n) is 3.48. The summed E-state index contributed by atoms with van der Waals surface area (Å²) in [6.45, 7) is 0. The van der Waals surface area contributed by atoms with Gasteiger partial charge in [-0.05, 0) is 12.8 Å². The molecule has 1 aliphatic carbocycles. The Morgan fingerprint density at radius 2 is 1.82 bits per heavy atom. The van der Waals surface area contributed by atoms with E-state index in [2.05, 4.69) is 5.43 Å². The van der Waals surface area contributed by atoms with Gasteiger partial charge >= 0.3 is 1.43 Å². The first kappa shape index (κ1) is 11.1. The Hall–Kier alpha value is 0.0700. The molecule has 1 aliphatic rings. The number of nitrogens with two attached hydrogens (primary N) is 1. The molecule has 0 radical (unpaired) electrons. The van der Waals surface area contributed by atoms with E-state index in [0.717, 1.165) is 0 Å². The van der Waals surface area contributed by atoms with Gasteiger partial charge in [-0.15, -0.1) is 0 Å². The monoisotopic (exact) mass is 186 g/mol. The Balaban J connectivity index is 0. The van der Waals surface area contributed by atoms with Crippen LogP contribution in [0.1, 0.15) is 27.1 Å². The smallest absolute Gasteiger partial charge is 1.00 e. The van der Waals surface area contributed by atoms with Gasteiger partial charge in [-0.3, -0.25) is 11.3 Å². The maximum absolute atomic E-state index is 12.4. The SMILES string of the molecule is NNC1CCC(F)(F)CC1.[Cl-].[H+]. The molecule has 0 saturated heterocycles. The number of rotatable bonds is 1. The molecule has 2 nitrogen and oxygen atoms in total. The number of halogens is 3. The first-order chi connectivity index (χ1) is 4.64. The lowest BCUT2D eigenvalue weighted by atomic mass is 9.93. The second kappa shape index (κ2) is 4.18. The lowest BCUT2D eigenvalue weighted by molar-refractivity contribution is -0.0403. The fourth-order valence-corrected chi connectivity index (χ4v) is 1.21. The fraction of sp³-hybridized carbons (Fsp3) is 1.00. The second-order valence-electron chi connectivity index (χ2n) is 2.80. The van der Waals surface area contributed by atoms with Gasteiger partial charge in [0.1, 0.15) is 0 Å². The summed E-state index contributed by atoms with van der Waals surface area (Å²) in [5.41, 5.74) is 2.51. The largest absolute Gasteiger partial charge is 1.00 e. The first-order valence-corrected chi connectivity index (χ1v) is 3.48. The van der Waals surface area contributed by atoms with E-state index in [1.54, 1.807) is 0 Å². The molecular weight excluding hydrogens is 174 g/mol. The normalized spacial score (nSPS) is 24.3. The predicted molar refractivity (Wildman–Crippen MR) is 35.6 cm³/mol. The lowest BCUT2D eigenvalue weighted by Crippen LogP contribution is -3.00. The van der Waals surface area contributed by atoms with E-state index in [0.29, 0.717) is 12.8 Å². The molecule has 11 heavy (non-hydrogen) atoms. The van der Waals surface area contributed by atoms with Gasteiger partial charge in [0.05, 0.1) is 0 Å². The van der Waals surface area contributed by atoms with Crippen LogP contribution in [0.25, 0.3) is 0 Å². The molecule has 0 aromatic rings. The summed E-state index contributed by atoms with van der Waals surface area (Å²) in [4.78, 5) is 0. The third-order valence-electron chi connectivity index (χ3n) is 1.95. The highest BCUT2D eigenvalue weighted by Gasteiger charge is 2.34. The number of hydrogen-bond acceptors (Lipinski definition) is 2. The highest BCUT2D eigenvalue weighted by Crippen LogP contribution is 2.32. The Morgan fingerprint density at radius 3 is 2.18 bits per heavy atom. The molecule has 0 heterocycles. The molecule has 0 aliphatic heterocycles. The number of hydrazine groups is 1. The summed E-state index contributed by atoms with van der Waals surface area (Å²) in [6, 6.07) is 0.0969. The number of nitrogens with one attached hydrogen (secondary N) is 1. The third kappa shape index (κ3) is 3.31. The van der Waals surface area contributed by atoms with Gasteiger partial charge in [0.2, 0.25) is 5.92 Å². The van der Waals surface area contributed by atoms with Crippen molar-refractivity contribution in [2.75, 3.05) is 0 Å². The summed E-state index contributed by atoms with van der Waals surface area (Å²) in [6.07, 6.45) is 0.927. The Bertz CT molecular complexity index is 116. The van der Waals surface area contributed by atoms with E-state index in [4.69, 9.17) is 5.84 Å². The average Bonchev–Trinajstić information content (AvgIpc) is 1.88. The maximum atomic E-state index is 12.4. The van der Waals surface area contributed by atoms with Crippen molar-refractivity contribution in [3.8, 4) is 0 Å². The number of hydrogen-bond donors (Lipinski definition) is 2. The summed E-state index contributed by atoms with van der Waals surface area (Å²) in [7, 11) is 0. The summed E-state index contributed by atoms with van der Waals surface area (Å²) < 4.78 is 24.9. The molecule has 0 aromatic heterocycles. The molecule has 68 valence electrons. The molecule has 0 spiro atoms. The van der Waals surface area contributed by atoms with Crippen molar-refractivity contribution >= 4 is 0 Å². The van der Waals surface area contributed by atoms with Gasteiger partial charge in [-0.2, -0.15) is 0 Å². The maximum Gasteiger partial charge on any atom is 1.00 e. The molecule has 1 rings (SSSR count). The zero-order valence-corrected chi connectivity index (χ0v) is 6.87. The van der Waals surface area contributed by atoms with Crippen LogP contribution in [0, 0.1) is 0 Å². The van der Waals surface area contributed by atoms with Gasteiger partial charge in [0, 0.05) is 18.9 Å².